The summed E-state index contributed by atoms with van der Waals surface area (Å²) in [6.07, 6.45) is -0.218. The Morgan fingerprint density at radius 2 is 1.86 bits per heavy atom. The Morgan fingerprint density at radius 1 is 1.24 bits per heavy atom. The van der Waals surface area contributed by atoms with E-state index in [0.29, 0.717) is 19.7 Å². The van der Waals surface area contributed by atoms with Gasteiger partial charge >= 0.3 is 6.09 Å². The fourth-order valence-electron chi connectivity index (χ4n) is 2.16. The summed E-state index contributed by atoms with van der Waals surface area (Å²) in [6.45, 7) is 10.2. The van der Waals surface area contributed by atoms with Crippen LogP contribution < -0.4 is 5.32 Å². The molecule has 1 heterocycles. The van der Waals surface area contributed by atoms with E-state index in [9.17, 15) is 4.79 Å². The van der Waals surface area contributed by atoms with Crippen molar-refractivity contribution in [3.05, 3.63) is 0 Å². The van der Waals surface area contributed by atoms with Crippen molar-refractivity contribution >= 4 is 12.1 Å². The SMILES string of the molecule is CCOC(=O)N1CCN(C(=NC)NCCN(C)CC)CC1. The lowest BCUT2D eigenvalue weighted by atomic mass is 10.3. The van der Waals surface area contributed by atoms with Crippen LogP contribution in [-0.4, -0.2) is 93.3 Å². The average molecular weight is 299 g/mol. The monoisotopic (exact) mass is 299 g/mol. The van der Waals surface area contributed by atoms with Crippen molar-refractivity contribution < 1.29 is 9.53 Å². The molecule has 7 heteroatoms. The number of amides is 1. The summed E-state index contributed by atoms with van der Waals surface area (Å²) < 4.78 is 5.02. The highest BCUT2D eigenvalue weighted by Crippen LogP contribution is 2.04. The van der Waals surface area contributed by atoms with Crippen molar-refractivity contribution in [3.8, 4) is 0 Å². The Morgan fingerprint density at radius 3 is 2.38 bits per heavy atom. The molecule has 1 rings (SSSR count). The number of piperazine rings is 1. The fraction of sp³-hybridized carbons (Fsp3) is 0.857. The topological polar surface area (TPSA) is 60.4 Å². The van der Waals surface area contributed by atoms with E-state index in [1.165, 1.54) is 0 Å². The van der Waals surface area contributed by atoms with Gasteiger partial charge in [0.2, 0.25) is 0 Å². The highest BCUT2D eigenvalue weighted by molar-refractivity contribution is 5.80. The van der Waals surface area contributed by atoms with Gasteiger partial charge in [0.25, 0.3) is 0 Å². The Balaban J connectivity index is 2.35. The van der Waals surface area contributed by atoms with Crippen LogP contribution >= 0.6 is 0 Å². The summed E-state index contributed by atoms with van der Waals surface area (Å²) in [6, 6.07) is 0. The number of aliphatic imine (C=N–C) groups is 1. The first-order valence-electron chi connectivity index (χ1n) is 7.68. The van der Waals surface area contributed by atoms with Gasteiger partial charge in [0.15, 0.2) is 5.96 Å². The third kappa shape index (κ3) is 5.79. The van der Waals surface area contributed by atoms with Crippen LogP contribution in [-0.2, 0) is 4.74 Å². The molecule has 0 radical (unpaired) electrons. The second-order valence-corrected chi connectivity index (χ2v) is 5.04. The summed E-state index contributed by atoms with van der Waals surface area (Å²) in [5.41, 5.74) is 0. The predicted molar refractivity (Wildman–Crippen MR) is 84.7 cm³/mol. The molecule has 0 unspecified atom stereocenters. The van der Waals surface area contributed by atoms with Gasteiger partial charge in [-0.2, -0.15) is 0 Å². The molecule has 21 heavy (non-hydrogen) atoms. The molecule has 1 aliphatic rings. The van der Waals surface area contributed by atoms with E-state index >= 15 is 0 Å². The molecule has 0 saturated carbocycles. The van der Waals surface area contributed by atoms with Gasteiger partial charge < -0.3 is 24.8 Å². The normalized spacial score (nSPS) is 16.3. The number of ether oxygens (including phenoxy) is 1. The van der Waals surface area contributed by atoms with Crippen LogP contribution in [0.15, 0.2) is 4.99 Å². The molecule has 7 nitrogen and oxygen atoms in total. The number of carbonyl (C=O) groups is 1. The van der Waals surface area contributed by atoms with Gasteiger partial charge in [-0.05, 0) is 20.5 Å². The number of guanidine groups is 1. The Kier molecular flexibility index (Phi) is 7.89. The largest absolute Gasteiger partial charge is 0.450 e. The maximum absolute atomic E-state index is 11.7. The summed E-state index contributed by atoms with van der Waals surface area (Å²) in [7, 11) is 3.89. The van der Waals surface area contributed by atoms with Crippen LogP contribution in [0, 0.1) is 0 Å². The van der Waals surface area contributed by atoms with E-state index in [2.05, 4.69) is 34.1 Å². The lowest BCUT2D eigenvalue weighted by Crippen LogP contribution is -2.54. The smallest absolute Gasteiger partial charge is 0.409 e. The molecule has 0 aromatic heterocycles. The lowest BCUT2D eigenvalue weighted by molar-refractivity contribution is 0.0914. The lowest BCUT2D eigenvalue weighted by Gasteiger charge is -2.36. The molecular weight excluding hydrogens is 270 g/mol. The number of carbonyl (C=O) groups excluding carboxylic acids is 1. The number of hydrogen-bond donors (Lipinski definition) is 1. The standard InChI is InChI=1S/C14H29N5O2/c1-5-17(4)8-7-16-13(15-3)18-9-11-19(12-10-18)14(20)21-6-2/h5-12H2,1-4H3,(H,15,16). The summed E-state index contributed by atoms with van der Waals surface area (Å²) in [5, 5.41) is 3.37. The van der Waals surface area contributed by atoms with Crippen LogP contribution in [0.25, 0.3) is 0 Å². The van der Waals surface area contributed by atoms with Crippen molar-refractivity contribution in [2.24, 2.45) is 4.99 Å². The Bertz CT molecular complexity index is 340. The average Bonchev–Trinajstić information content (AvgIpc) is 2.51. The molecule has 122 valence electrons. The van der Waals surface area contributed by atoms with Gasteiger partial charge in [0.1, 0.15) is 0 Å². The first-order chi connectivity index (χ1) is 10.1. The fourth-order valence-corrected chi connectivity index (χ4v) is 2.16. The van der Waals surface area contributed by atoms with Crippen molar-refractivity contribution in [3.63, 3.8) is 0 Å². The van der Waals surface area contributed by atoms with Crippen molar-refractivity contribution in [2.45, 2.75) is 13.8 Å². The zero-order valence-electron chi connectivity index (χ0n) is 13.8. The van der Waals surface area contributed by atoms with E-state index in [4.69, 9.17) is 4.74 Å². The van der Waals surface area contributed by atoms with Crippen LogP contribution in [0.3, 0.4) is 0 Å². The molecule has 1 amide bonds. The molecule has 0 aliphatic carbocycles. The maximum Gasteiger partial charge on any atom is 0.409 e. The Hall–Kier alpha value is -1.50. The second-order valence-electron chi connectivity index (χ2n) is 5.04. The molecule has 0 aromatic rings. The molecule has 0 spiro atoms. The quantitative estimate of drug-likeness (QED) is 0.584. The third-order valence-electron chi connectivity index (χ3n) is 3.63. The van der Waals surface area contributed by atoms with Gasteiger partial charge in [-0.1, -0.05) is 6.92 Å². The molecule has 0 atom stereocenters. The number of hydrogen-bond acceptors (Lipinski definition) is 4. The molecule has 1 N–H and O–H groups in total. The molecule has 1 fully saturated rings. The first-order valence-corrected chi connectivity index (χ1v) is 7.68. The minimum absolute atomic E-state index is 0.218. The number of rotatable bonds is 5. The van der Waals surface area contributed by atoms with E-state index in [0.717, 1.165) is 38.7 Å². The minimum atomic E-state index is -0.218. The van der Waals surface area contributed by atoms with Crippen molar-refractivity contribution in [2.75, 3.05) is 66.5 Å². The summed E-state index contributed by atoms with van der Waals surface area (Å²) in [5.74, 6) is 0.906. The maximum atomic E-state index is 11.7. The van der Waals surface area contributed by atoms with Crippen LogP contribution in [0.2, 0.25) is 0 Å². The highest BCUT2D eigenvalue weighted by Gasteiger charge is 2.23. The van der Waals surface area contributed by atoms with Crippen molar-refractivity contribution in [1.82, 2.24) is 20.0 Å². The van der Waals surface area contributed by atoms with E-state index < -0.39 is 0 Å². The molecule has 0 bridgehead atoms. The summed E-state index contributed by atoms with van der Waals surface area (Å²) >= 11 is 0. The van der Waals surface area contributed by atoms with Crippen LogP contribution in [0.5, 0.6) is 0 Å². The molecular formula is C14H29N5O2. The first kappa shape index (κ1) is 17.6. The number of nitrogens with one attached hydrogen (secondary N) is 1. The van der Waals surface area contributed by atoms with Gasteiger partial charge in [-0.15, -0.1) is 0 Å². The number of likely N-dealkylation sites (N-methyl/N-ethyl adjacent to an activating group) is 1. The second kappa shape index (κ2) is 9.44. The zero-order valence-corrected chi connectivity index (χ0v) is 13.8. The molecule has 1 saturated heterocycles. The zero-order chi connectivity index (χ0) is 15.7. The van der Waals surface area contributed by atoms with Crippen LogP contribution in [0.4, 0.5) is 4.79 Å². The van der Waals surface area contributed by atoms with Gasteiger partial charge in [-0.3, -0.25) is 4.99 Å². The van der Waals surface area contributed by atoms with Crippen LogP contribution in [0.1, 0.15) is 13.8 Å². The van der Waals surface area contributed by atoms with E-state index in [-0.39, 0.29) is 6.09 Å². The molecule has 1 aliphatic heterocycles. The van der Waals surface area contributed by atoms with Crippen molar-refractivity contribution in [1.29, 1.82) is 0 Å². The summed E-state index contributed by atoms with van der Waals surface area (Å²) in [4.78, 5) is 22.2. The highest BCUT2D eigenvalue weighted by atomic mass is 16.6. The van der Waals surface area contributed by atoms with E-state index in [1.807, 2.05) is 6.92 Å². The third-order valence-corrected chi connectivity index (χ3v) is 3.63. The van der Waals surface area contributed by atoms with Gasteiger partial charge in [0.05, 0.1) is 6.61 Å². The molecule has 0 aromatic carbocycles. The number of nitrogens with zero attached hydrogens (tertiary/aromatic N) is 4. The van der Waals surface area contributed by atoms with E-state index in [1.54, 1.807) is 11.9 Å². The van der Waals surface area contributed by atoms with Gasteiger partial charge in [0, 0.05) is 46.3 Å². The Labute approximate surface area is 127 Å². The predicted octanol–water partition coefficient (Wildman–Crippen LogP) is 0.288. The van der Waals surface area contributed by atoms with Gasteiger partial charge in [-0.25, -0.2) is 4.79 Å². The minimum Gasteiger partial charge on any atom is -0.450 e.